The quantitative estimate of drug-likeness (QED) is 0.169. The second kappa shape index (κ2) is 16.6. The molecular weight excluding hydrogens is 519 g/mol. The van der Waals surface area contributed by atoms with Crippen molar-refractivity contribution < 1.29 is 14.3 Å². The first-order valence-electron chi connectivity index (χ1n) is 10.3. The molecule has 1 aromatic rings. The number of guanidine groups is 1. The Kier molecular flexibility index (Phi) is 14.9. The molecular formula is C21H34ClIN4O3. The van der Waals surface area contributed by atoms with Gasteiger partial charge in [-0.05, 0) is 55.9 Å². The Morgan fingerprint density at radius 1 is 1.17 bits per heavy atom. The highest BCUT2D eigenvalue weighted by molar-refractivity contribution is 14.0. The summed E-state index contributed by atoms with van der Waals surface area (Å²) >= 11 is 5.84. The van der Waals surface area contributed by atoms with Crippen LogP contribution in [0.5, 0.6) is 0 Å². The minimum atomic E-state index is -0.0151. The van der Waals surface area contributed by atoms with Gasteiger partial charge in [0.25, 0.3) is 0 Å². The molecule has 3 N–H and O–H groups in total. The predicted molar refractivity (Wildman–Crippen MR) is 133 cm³/mol. The normalized spacial score (nSPS) is 14.7. The van der Waals surface area contributed by atoms with E-state index in [1.165, 1.54) is 0 Å². The van der Waals surface area contributed by atoms with Gasteiger partial charge in [0, 0.05) is 63.7 Å². The van der Waals surface area contributed by atoms with Crippen LogP contribution in [0.25, 0.3) is 0 Å². The van der Waals surface area contributed by atoms with Crippen molar-refractivity contribution in [3.8, 4) is 0 Å². The van der Waals surface area contributed by atoms with Gasteiger partial charge in [-0.2, -0.15) is 0 Å². The minimum absolute atomic E-state index is 0. The summed E-state index contributed by atoms with van der Waals surface area (Å²) < 4.78 is 11.1. The smallest absolute Gasteiger partial charge is 0.224 e. The summed E-state index contributed by atoms with van der Waals surface area (Å²) in [7, 11) is 1.74. The summed E-state index contributed by atoms with van der Waals surface area (Å²) in [4.78, 5) is 16.2. The van der Waals surface area contributed by atoms with Gasteiger partial charge < -0.3 is 25.4 Å². The summed E-state index contributed by atoms with van der Waals surface area (Å²) in [6, 6.07) is 7.09. The van der Waals surface area contributed by atoms with E-state index in [-0.39, 0.29) is 29.9 Å². The van der Waals surface area contributed by atoms with E-state index >= 15 is 0 Å². The van der Waals surface area contributed by atoms with Crippen LogP contribution in [0.2, 0.25) is 5.02 Å². The van der Waals surface area contributed by atoms with Crippen molar-refractivity contribution >= 4 is 53.1 Å². The Balaban J connectivity index is 0.00000450. The number of aliphatic imine (C=N–C) groups is 1. The van der Waals surface area contributed by atoms with Gasteiger partial charge >= 0.3 is 0 Å². The molecule has 0 atom stereocenters. The Morgan fingerprint density at radius 3 is 2.50 bits per heavy atom. The Labute approximate surface area is 201 Å². The summed E-state index contributed by atoms with van der Waals surface area (Å²) in [5, 5.41) is 10.00. The minimum Gasteiger partial charge on any atom is -0.381 e. The number of carbonyl (C=O) groups excluding carboxylic acids is 1. The summed E-state index contributed by atoms with van der Waals surface area (Å²) in [6.07, 6.45) is 4.29. The second-order valence-corrected chi connectivity index (χ2v) is 7.51. The fraction of sp³-hybridized carbons (Fsp3) is 0.619. The lowest BCUT2D eigenvalue weighted by Gasteiger charge is -2.21. The van der Waals surface area contributed by atoms with Crippen LogP contribution in [0.4, 0.5) is 5.69 Å². The highest BCUT2D eigenvalue weighted by Crippen LogP contribution is 2.15. The fourth-order valence-electron chi connectivity index (χ4n) is 2.98. The van der Waals surface area contributed by atoms with E-state index in [1.54, 1.807) is 31.3 Å². The number of amides is 1. The molecule has 0 radical (unpaired) electrons. The van der Waals surface area contributed by atoms with Crippen LogP contribution in [0.3, 0.4) is 0 Å². The van der Waals surface area contributed by atoms with Gasteiger partial charge in [0.05, 0.1) is 0 Å². The molecule has 2 rings (SSSR count). The number of carbonyl (C=O) groups is 1. The van der Waals surface area contributed by atoms with Crippen molar-refractivity contribution in [1.82, 2.24) is 10.6 Å². The molecule has 1 aromatic carbocycles. The van der Waals surface area contributed by atoms with Gasteiger partial charge in [-0.1, -0.05) is 11.6 Å². The zero-order valence-corrected chi connectivity index (χ0v) is 20.7. The first-order valence-corrected chi connectivity index (χ1v) is 10.7. The molecule has 30 heavy (non-hydrogen) atoms. The number of benzene rings is 1. The number of ether oxygens (including phenoxy) is 2. The molecule has 1 aliphatic rings. The average Bonchev–Trinajstić information content (AvgIpc) is 2.74. The highest BCUT2D eigenvalue weighted by Gasteiger charge is 2.13. The standard InChI is InChI=1S/C21H33ClN4O3.HI/c1-23-21(25-12-3-13-29-16-17-9-14-28-15-10-17)24-11-2-4-20(27)26-19-7-5-18(22)6-8-19;/h5-8,17H,2-4,9-16H2,1H3,(H,26,27)(H2,23,24,25);1H. The van der Waals surface area contributed by atoms with Crippen LogP contribution < -0.4 is 16.0 Å². The Morgan fingerprint density at radius 2 is 1.83 bits per heavy atom. The maximum Gasteiger partial charge on any atom is 0.224 e. The maximum absolute atomic E-state index is 12.0. The van der Waals surface area contributed by atoms with Crippen LogP contribution in [0.1, 0.15) is 32.1 Å². The van der Waals surface area contributed by atoms with E-state index in [4.69, 9.17) is 21.1 Å². The number of hydrogen-bond acceptors (Lipinski definition) is 4. The predicted octanol–water partition coefficient (Wildman–Crippen LogP) is 3.68. The molecule has 170 valence electrons. The molecule has 0 aliphatic carbocycles. The van der Waals surface area contributed by atoms with Crippen LogP contribution in [0, 0.1) is 5.92 Å². The maximum atomic E-state index is 12.0. The number of nitrogens with one attached hydrogen (secondary N) is 3. The number of halogens is 2. The lowest BCUT2D eigenvalue weighted by molar-refractivity contribution is -0.116. The molecule has 1 heterocycles. The average molecular weight is 553 g/mol. The molecule has 0 saturated carbocycles. The van der Waals surface area contributed by atoms with Crippen molar-refractivity contribution in [1.29, 1.82) is 0 Å². The van der Waals surface area contributed by atoms with Gasteiger partial charge in [-0.25, -0.2) is 0 Å². The number of rotatable bonds is 11. The Hall–Kier alpha value is -1.10. The van der Waals surface area contributed by atoms with E-state index < -0.39 is 0 Å². The highest BCUT2D eigenvalue weighted by atomic mass is 127. The summed E-state index contributed by atoms with van der Waals surface area (Å²) in [6.45, 7) is 4.76. The van der Waals surface area contributed by atoms with E-state index in [0.29, 0.717) is 30.3 Å². The molecule has 1 amide bonds. The summed E-state index contributed by atoms with van der Waals surface area (Å²) in [5.74, 6) is 1.37. The second-order valence-electron chi connectivity index (χ2n) is 7.07. The Bertz CT molecular complexity index is 625. The lowest BCUT2D eigenvalue weighted by Crippen LogP contribution is -2.38. The third kappa shape index (κ3) is 11.9. The van der Waals surface area contributed by atoms with Crippen molar-refractivity contribution in [3.63, 3.8) is 0 Å². The van der Waals surface area contributed by atoms with Gasteiger partial charge in [-0.15, -0.1) is 24.0 Å². The van der Waals surface area contributed by atoms with Crippen molar-refractivity contribution in [2.45, 2.75) is 32.1 Å². The largest absolute Gasteiger partial charge is 0.381 e. The molecule has 1 aliphatic heterocycles. The first-order chi connectivity index (χ1) is 14.2. The van der Waals surface area contributed by atoms with Gasteiger partial charge in [-0.3, -0.25) is 9.79 Å². The topological polar surface area (TPSA) is 84.0 Å². The van der Waals surface area contributed by atoms with Crippen LogP contribution in [0.15, 0.2) is 29.3 Å². The van der Waals surface area contributed by atoms with Gasteiger partial charge in [0.15, 0.2) is 5.96 Å². The monoisotopic (exact) mass is 552 g/mol. The molecule has 0 spiro atoms. The van der Waals surface area contributed by atoms with Crippen molar-refractivity contribution in [2.75, 3.05) is 51.9 Å². The molecule has 7 nitrogen and oxygen atoms in total. The first kappa shape index (κ1) is 26.9. The number of nitrogens with zero attached hydrogens (tertiary/aromatic N) is 1. The van der Waals surface area contributed by atoms with Crippen LogP contribution in [-0.2, 0) is 14.3 Å². The molecule has 0 aromatic heterocycles. The van der Waals surface area contributed by atoms with E-state index in [1.807, 2.05) is 0 Å². The molecule has 1 saturated heterocycles. The van der Waals surface area contributed by atoms with Crippen LogP contribution >= 0.6 is 35.6 Å². The van der Waals surface area contributed by atoms with Crippen LogP contribution in [-0.4, -0.2) is 58.4 Å². The zero-order valence-electron chi connectivity index (χ0n) is 17.6. The third-order valence-electron chi connectivity index (χ3n) is 4.68. The lowest BCUT2D eigenvalue weighted by atomic mass is 10.0. The van der Waals surface area contributed by atoms with E-state index in [0.717, 1.165) is 63.9 Å². The SMILES string of the molecule is CN=C(NCCCOCC1CCOCC1)NCCCC(=O)Nc1ccc(Cl)cc1.I. The molecule has 0 bridgehead atoms. The summed E-state index contributed by atoms with van der Waals surface area (Å²) in [5.41, 5.74) is 0.754. The van der Waals surface area contributed by atoms with Crippen molar-refractivity contribution in [3.05, 3.63) is 29.3 Å². The fourth-order valence-corrected chi connectivity index (χ4v) is 3.10. The number of anilines is 1. The van der Waals surface area contributed by atoms with Gasteiger partial charge in [0.2, 0.25) is 5.91 Å². The molecule has 0 unspecified atom stereocenters. The van der Waals surface area contributed by atoms with Crippen molar-refractivity contribution in [2.24, 2.45) is 10.9 Å². The third-order valence-corrected chi connectivity index (χ3v) is 4.93. The molecule has 9 heteroatoms. The zero-order chi connectivity index (χ0) is 20.7. The number of hydrogen-bond donors (Lipinski definition) is 3. The molecule has 1 fully saturated rings. The van der Waals surface area contributed by atoms with Gasteiger partial charge in [0.1, 0.15) is 0 Å². The van der Waals surface area contributed by atoms with E-state index in [2.05, 4.69) is 20.9 Å². The van der Waals surface area contributed by atoms with E-state index in [9.17, 15) is 4.79 Å².